The van der Waals surface area contributed by atoms with E-state index in [-0.39, 0.29) is 0 Å². The zero-order valence-corrected chi connectivity index (χ0v) is 11.6. The van der Waals surface area contributed by atoms with Crippen LogP contribution in [0.2, 0.25) is 19.6 Å². The zero-order valence-electron chi connectivity index (χ0n) is 9.75. The van der Waals surface area contributed by atoms with Gasteiger partial charge in [-0.15, -0.1) is 5.10 Å². The minimum atomic E-state index is -1.30. The topological polar surface area (TPSA) is 43.6 Å². The van der Waals surface area contributed by atoms with Gasteiger partial charge in [-0.1, -0.05) is 30.9 Å². The van der Waals surface area contributed by atoms with Crippen LogP contribution in [0, 0.1) is 0 Å². The van der Waals surface area contributed by atoms with Crippen LogP contribution in [0.5, 0.6) is 0 Å². The van der Waals surface area contributed by atoms with E-state index in [9.17, 15) is 0 Å². The van der Waals surface area contributed by atoms with Crippen molar-refractivity contribution >= 4 is 21.5 Å². The predicted molar refractivity (Wildman–Crippen MR) is 68.9 cm³/mol. The maximum atomic E-state index is 4.28. The van der Waals surface area contributed by atoms with E-state index >= 15 is 0 Å². The molecule has 0 bridgehead atoms. The van der Waals surface area contributed by atoms with E-state index in [0.717, 1.165) is 20.6 Å². The van der Waals surface area contributed by atoms with Gasteiger partial charge in [-0.3, -0.25) is 4.98 Å². The van der Waals surface area contributed by atoms with Crippen molar-refractivity contribution in [1.82, 2.24) is 19.7 Å². The fraction of sp³-hybridized carbons (Fsp3) is 0.400. The lowest BCUT2D eigenvalue weighted by Crippen LogP contribution is -2.36. The summed E-state index contributed by atoms with van der Waals surface area (Å²) in [6.45, 7) is 7.61. The number of hydrogen-bond acceptors (Lipinski definition) is 3. The first-order chi connectivity index (χ1) is 7.55. The number of pyridine rings is 1. The summed E-state index contributed by atoms with van der Waals surface area (Å²) in [4.78, 5) is 4.28. The maximum absolute atomic E-state index is 4.28. The van der Waals surface area contributed by atoms with Crippen LogP contribution in [0.3, 0.4) is 0 Å². The number of aromatic nitrogens is 4. The van der Waals surface area contributed by atoms with E-state index in [1.807, 2.05) is 28.8 Å². The van der Waals surface area contributed by atoms with Crippen LogP contribution in [-0.4, -0.2) is 27.8 Å². The molecule has 0 spiro atoms. The third-order valence-electron chi connectivity index (χ3n) is 2.15. The minimum Gasteiger partial charge on any atom is -0.259 e. The first-order valence-electron chi connectivity index (χ1n) is 5.24. The van der Waals surface area contributed by atoms with Gasteiger partial charge in [0.2, 0.25) is 0 Å². The summed E-state index contributed by atoms with van der Waals surface area (Å²) in [5.74, 6) is 0. The summed E-state index contributed by atoms with van der Waals surface area (Å²) in [6, 6.07) is 5.93. The molecule has 6 heteroatoms. The Bertz CT molecular complexity index is 463. The van der Waals surface area contributed by atoms with Gasteiger partial charge in [0.15, 0.2) is 0 Å². The highest BCUT2D eigenvalue weighted by Gasteiger charge is 2.21. The molecule has 0 amide bonds. The second-order valence-electron chi connectivity index (χ2n) is 4.71. The standard InChI is InChI=1S/C10H15N4PSi/c1-16(2,3)10-12-13-14(15-10)8-9-6-4-5-7-11-9/h4-7H,8H2,1-3H3. The zero-order chi connectivity index (χ0) is 11.6. The Morgan fingerprint density at radius 3 is 2.69 bits per heavy atom. The van der Waals surface area contributed by atoms with Crippen LogP contribution in [0.25, 0.3) is 0 Å². The van der Waals surface area contributed by atoms with Crippen molar-refractivity contribution in [3.8, 4) is 0 Å². The van der Waals surface area contributed by atoms with Gasteiger partial charge < -0.3 is 0 Å². The SMILES string of the molecule is C[Si](C)(C)c1nnn(Cc2ccccn2)p1. The molecule has 2 aromatic heterocycles. The molecular weight excluding hydrogens is 235 g/mol. The molecule has 0 fully saturated rings. The Morgan fingerprint density at radius 1 is 1.31 bits per heavy atom. The summed E-state index contributed by atoms with van der Waals surface area (Å²) in [5.41, 5.74) is 1.03. The van der Waals surface area contributed by atoms with Crippen molar-refractivity contribution in [2.24, 2.45) is 0 Å². The largest absolute Gasteiger partial charge is 0.259 e. The third kappa shape index (κ3) is 2.74. The maximum Gasteiger partial charge on any atom is 0.112 e. The smallest absolute Gasteiger partial charge is 0.112 e. The van der Waals surface area contributed by atoms with Crippen molar-refractivity contribution in [2.75, 3.05) is 0 Å². The number of rotatable bonds is 3. The number of hydrogen-bond donors (Lipinski definition) is 0. The Balaban J connectivity index is 2.15. The second kappa shape index (κ2) is 4.43. The van der Waals surface area contributed by atoms with Crippen molar-refractivity contribution in [3.05, 3.63) is 30.1 Å². The minimum absolute atomic E-state index is 0.736. The van der Waals surface area contributed by atoms with Gasteiger partial charge in [0.1, 0.15) is 8.07 Å². The molecule has 4 nitrogen and oxygen atoms in total. The third-order valence-corrected chi connectivity index (χ3v) is 6.64. The van der Waals surface area contributed by atoms with Crippen molar-refractivity contribution in [1.29, 1.82) is 0 Å². The highest BCUT2D eigenvalue weighted by Crippen LogP contribution is 2.09. The lowest BCUT2D eigenvalue weighted by Gasteiger charge is -2.08. The normalized spacial score (nSPS) is 12.2. The Kier molecular flexibility index (Phi) is 3.17. The van der Waals surface area contributed by atoms with Crippen LogP contribution in [0.15, 0.2) is 24.4 Å². The van der Waals surface area contributed by atoms with Gasteiger partial charge in [0, 0.05) is 6.20 Å². The molecule has 16 heavy (non-hydrogen) atoms. The molecule has 0 radical (unpaired) electrons. The average molecular weight is 250 g/mol. The molecule has 0 saturated heterocycles. The first-order valence-corrected chi connectivity index (χ1v) is 9.58. The van der Waals surface area contributed by atoms with E-state index in [0.29, 0.717) is 0 Å². The van der Waals surface area contributed by atoms with Gasteiger partial charge in [-0.25, -0.2) is 4.44 Å². The molecule has 0 aromatic carbocycles. The van der Waals surface area contributed by atoms with Crippen molar-refractivity contribution in [3.63, 3.8) is 0 Å². The van der Waals surface area contributed by atoms with E-state index in [1.54, 1.807) is 0 Å². The van der Waals surface area contributed by atoms with Gasteiger partial charge in [0.05, 0.1) is 25.6 Å². The molecule has 0 N–H and O–H groups in total. The molecule has 2 aromatic rings. The van der Waals surface area contributed by atoms with Crippen molar-refractivity contribution < 1.29 is 0 Å². The molecule has 0 unspecified atom stereocenters. The van der Waals surface area contributed by atoms with Gasteiger partial charge in [-0.05, 0) is 12.1 Å². The fourth-order valence-electron chi connectivity index (χ4n) is 1.25. The predicted octanol–water partition coefficient (Wildman–Crippen LogP) is 1.85. The molecular formula is C10H15N4PSi. The number of nitrogens with zero attached hydrogens (tertiary/aromatic N) is 4. The molecule has 2 rings (SSSR count). The van der Waals surface area contributed by atoms with E-state index in [1.165, 1.54) is 5.05 Å². The van der Waals surface area contributed by atoms with Gasteiger partial charge in [-0.2, -0.15) is 0 Å². The molecule has 0 saturated carbocycles. The molecule has 0 aliphatic heterocycles. The summed E-state index contributed by atoms with van der Waals surface area (Å²) in [6.07, 6.45) is 1.81. The van der Waals surface area contributed by atoms with Crippen LogP contribution in [-0.2, 0) is 6.54 Å². The fourth-order valence-corrected chi connectivity index (χ4v) is 3.73. The van der Waals surface area contributed by atoms with E-state index < -0.39 is 8.07 Å². The molecule has 2 heterocycles. The Morgan fingerprint density at radius 2 is 2.12 bits per heavy atom. The molecule has 0 atom stereocenters. The molecule has 0 aliphatic carbocycles. The van der Waals surface area contributed by atoms with E-state index in [4.69, 9.17) is 0 Å². The highest BCUT2D eigenvalue weighted by atomic mass is 31.0. The highest BCUT2D eigenvalue weighted by molar-refractivity contribution is 7.37. The monoisotopic (exact) mass is 250 g/mol. The Hall–Kier alpha value is -1.06. The average Bonchev–Trinajstić information content (AvgIpc) is 2.67. The van der Waals surface area contributed by atoms with Gasteiger partial charge >= 0.3 is 0 Å². The van der Waals surface area contributed by atoms with Crippen LogP contribution >= 0.6 is 8.35 Å². The summed E-state index contributed by atoms with van der Waals surface area (Å²) in [7, 11) is -0.173. The summed E-state index contributed by atoms with van der Waals surface area (Å²) in [5, 5.41) is 9.70. The first kappa shape index (κ1) is 11.4. The lowest BCUT2D eigenvalue weighted by atomic mass is 10.4. The van der Waals surface area contributed by atoms with Crippen LogP contribution in [0.4, 0.5) is 0 Å². The summed E-state index contributed by atoms with van der Waals surface area (Å²) < 4.78 is 1.95. The van der Waals surface area contributed by atoms with Crippen LogP contribution in [0.1, 0.15) is 5.69 Å². The second-order valence-corrected chi connectivity index (χ2v) is 11.2. The van der Waals surface area contributed by atoms with E-state index in [2.05, 4.69) is 34.9 Å². The van der Waals surface area contributed by atoms with Crippen LogP contribution < -0.4 is 5.05 Å². The molecule has 84 valence electrons. The quantitative estimate of drug-likeness (QED) is 0.781. The Labute approximate surface area is 97.9 Å². The lowest BCUT2D eigenvalue weighted by molar-refractivity contribution is 0.686. The van der Waals surface area contributed by atoms with Gasteiger partial charge in [0.25, 0.3) is 0 Å². The summed E-state index contributed by atoms with van der Waals surface area (Å²) >= 11 is 0. The molecule has 0 aliphatic rings. The van der Waals surface area contributed by atoms with Crippen molar-refractivity contribution in [2.45, 2.75) is 26.2 Å².